The maximum absolute atomic E-state index is 12.3. The standard InChI is InChI=1S/C18H15N3O2/c22-12-13-6-4-5-9-15(13)16-10-19-11-17(21-16)18(23)20-14-7-2-1-3-8-14/h1-11,22H,12H2,(H,20,23). The van der Waals surface area contributed by atoms with Crippen LogP contribution in [-0.4, -0.2) is 21.0 Å². The van der Waals surface area contributed by atoms with Gasteiger partial charge in [0.15, 0.2) is 0 Å². The molecule has 0 saturated heterocycles. The van der Waals surface area contributed by atoms with Crippen molar-refractivity contribution in [3.63, 3.8) is 0 Å². The maximum Gasteiger partial charge on any atom is 0.275 e. The second kappa shape index (κ2) is 6.81. The second-order valence-corrected chi connectivity index (χ2v) is 4.92. The van der Waals surface area contributed by atoms with Crippen LogP contribution in [0, 0.1) is 0 Å². The van der Waals surface area contributed by atoms with Gasteiger partial charge >= 0.3 is 0 Å². The number of aromatic nitrogens is 2. The lowest BCUT2D eigenvalue weighted by Crippen LogP contribution is -2.14. The molecule has 0 spiro atoms. The molecule has 5 nitrogen and oxygen atoms in total. The summed E-state index contributed by atoms with van der Waals surface area (Å²) in [6, 6.07) is 16.5. The lowest BCUT2D eigenvalue weighted by Gasteiger charge is -2.08. The van der Waals surface area contributed by atoms with Gasteiger partial charge in [-0.05, 0) is 17.7 Å². The van der Waals surface area contributed by atoms with Crippen LogP contribution < -0.4 is 5.32 Å². The minimum absolute atomic E-state index is 0.0989. The zero-order valence-corrected chi connectivity index (χ0v) is 12.3. The van der Waals surface area contributed by atoms with Crippen LogP contribution in [0.1, 0.15) is 16.1 Å². The number of nitrogens with zero attached hydrogens (tertiary/aromatic N) is 2. The molecule has 1 aromatic heterocycles. The van der Waals surface area contributed by atoms with E-state index in [2.05, 4.69) is 15.3 Å². The van der Waals surface area contributed by atoms with Crippen molar-refractivity contribution in [2.45, 2.75) is 6.61 Å². The number of para-hydroxylation sites is 1. The van der Waals surface area contributed by atoms with Crippen molar-refractivity contribution < 1.29 is 9.90 Å². The van der Waals surface area contributed by atoms with Crippen molar-refractivity contribution in [1.29, 1.82) is 0 Å². The summed E-state index contributed by atoms with van der Waals surface area (Å²) in [6.07, 6.45) is 3.00. The summed E-state index contributed by atoms with van der Waals surface area (Å²) in [5.74, 6) is -0.327. The summed E-state index contributed by atoms with van der Waals surface area (Å²) in [4.78, 5) is 20.7. The van der Waals surface area contributed by atoms with Gasteiger partial charge in [0, 0.05) is 11.3 Å². The van der Waals surface area contributed by atoms with Gasteiger partial charge in [0.2, 0.25) is 0 Å². The first kappa shape index (κ1) is 14.9. The maximum atomic E-state index is 12.3. The molecule has 0 bridgehead atoms. The van der Waals surface area contributed by atoms with Gasteiger partial charge in [0.05, 0.1) is 24.7 Å². The molecule has 0 fully saturated rings. The molecule has 114 valence electrons. The number of carbonyl (C=O) groups is 1. The number of amides is 1. The van der Waals surface area contributed by atoms with E-state index in [0.29, 0.717) is 11.4 Å². The number of carbonyl (C=O) groups excluding carboxylic acids is 1. The fourth-order valence-electron chi connectivity index (χ4n) is 2.23. The molecular formula is C18H15N3O2. The molecule has 0 atom stereocenters. The molecule has 1 amide bonds. The summed E-state index contributed by atoms with van der Waals surface area (Å²) in [7, 11) is 0. The topological polar surface area (TPSA) is 75.1 Å². The van der Waals surface area contributed by atoms with Crippen LogP contribution in [-0.2, 0) is 6.61 Å². The minimum Gasteiger partial charge on any atom is -0.392 e. The molecule has 23 heavy (non-hydrogen) atoms. The highest BCUT2D eigenvalue weighted by Crippen LogP contribution is 2.21. The van der Waals surface area contributed by atoms with Crippen LogP contribution in [0.3, 0.4) is 0 Å². The van der Waals surface area contributed by atoms with Crippen molar-refractivity contribution >= 4 is 11.6 Å². The monoisotopic (exact) mass is 305 g/mol. The van der Waals surface area contributed by atoms with E-state index in [1.165, 1.54) is 6.20 Å². The molecule has 0 saturated carbocycles. The smallest absolute Gasteiger partial charge is 0.275 e. The van der Waals surface area contributed by atoms with Crippen LogP contribution in [0.5, 0.6) is 0 Å². The van der Waals surface area contributed by atoms with E-state index in [-0.39, 0.29) is 18.2 Å². The fourth-order valence-corrected chi connectivity index (χ4v) is 2.23. The number of hydrogen-bond donors (Lipinski definition) is 2. The minimum atomic E-state index is -0.327. The molecule has 0 aliphatic rings. The molecular weight excluding hydrogens is 290 g/mol. The normalized spacial score (nSPS) is 10.3. The highest BCUT2D eigenvalue weighted by Gasteiger charge is 2.11. The molecule has 2 aromatic carbocycles. The first-order chi connectivity index (χ1) is 11.3. The van der Waals surface area contributed by atoms with Gasteiger partial charge in [-0.2, -0.15) is 0 Å². The molecule has 0 aliphatic carbocycles. The number of nitrogens with one attached hydrogen (secondary N) is 1. The van der Waals surface area contributed by atoms with E-state index in [9.17, 15) is 9.90 Å². The number of rotatable bonds is 4. The number of benzene rings is 2. The molecule has 1 heterocycles. The Hall–Kier alpha value is -3.05. The van der Waals surface area contributed by atoms with Gasteiger partial charge < -0.3 is 10.4 Å². The highest BCUT2D eigenvalue weighted by atomic mass is 16.3. The lowest BCUT2D eigenvalue weighted by molar-refractivity contribution is 0.102. The van der Waals surface area contributed by atoms with Crippen molar-refractivity contribution in [1.82, 2.24) is 9.97 Å². The Morgan fingerprint density at radius 3 is 2.52 bits per heavy atom. The predicted molar refractivity (Wildman–Crippen MR) is 87.8 cm³/mol. The van der Waals surface area contributed by atoms with Gasteiger partial charge in [-0.3, -0.25) is 9.78 Å². The van der Waals surface area contributed by atoms with E-state index in [1.807, 2.05) is 42.5 Å². The van der Waals surface area contributed by atoms with Gasteiger partial charge in [0.1, 0.15) is 5.69 Å². The summed E-state index contributed by atoms with van der Waals surface area (Å²) in [5.41, 5.74) is 2.97. The predicted octanol–water partition coefficient (Wildman–Crippen LogP) is 2.89. The van der Waals surface area contributed by atoms with E-state index in [0.717, 1.165) is 11.1 Å². The lowest BCUT2D eigenvalue weighted by atomic mass is 10.1. The Kier molecular flexibility index (Phi) is 4.40. The molecule has 0 unspecified atom stereocenters. The Labute approximate surface area is 133 Å². The van der Waals surface area contributed by atoms with E-state index < -0.39 is 0 Å². The quantitative estimate of drug-likeness (QED) is 0.777. The van der Waals surface area contributed by atoms with Crippen LogP contribution >= 0.6 is 0 Å². The van der Waals surface area contributed by atoms with Crippen molar-refractivity contribution in [3.8, 4) is 11.3 Å². The SMILES string of the molecule is O=C(Nc1ccccc1)c1cncc(-c2ccccc2CO)n1. The zero-order valence-electron chi connectivity index (χ0n) is 12.3. The van der Waals surface area contributed by atoms with Crippen LogP contribution in [0.15, 0.2) is 67.0 Å². The molecule has 0 aliphatic heterocycles. The van der Waals surface area contributed by atoms with Gasteiger partial charge in [-0.15, -0.1) is 0 Å². The molecule has 0 radical (unpaired) electrons. The van der Waals surface area contributed by atoms with Crippen LogP contribution in [0.2, 0.25) is 0 Å². The zero-order chi connectivity index (χ0) is 16.1. The number of aliphatic hydroxyl groups is 1. The molecule has 3 aromatic rings. The third-order valence-corrected chi connectivity index (χ3v) is 3.36. The third kappa shape index (κ3) is 3.41. The number of aliphatic hydroxyl groups excluding tert-OH is 1. The van der Waals surface area contributed by atoms with Gasteiger partial charge in [0.25, 0.3) is 5.91 Å². The van der Waals surface area contributed by atoms with Crippen molar-refractivity contribution in [2.75, 3.05) is 5.32 Å². The third-order valence-electron chi connectivity index (χ3n) is 3.36. The first-order valence-electron chi connectivity index (χ1n) is 7.15. The van der Waals surface area contributed by atoms with E-state index in [1.54, 1.807) is 18.3 Å². The van der Waals surface area contributed by atoms with Crippen LogP contribution in [0.4, 0.5) is 5.69 Å². The summed E-state index contributed by atoms with van der Waals surface area (Å²) in [5, 5.41) is 12.2. The second-order valence-electron chi connectivity index (χ2n) is 4.92. The molecule has 3 rings (SSSR count). The Bertz CT molecular complexity index is 819. The average Bonchev–Trinajstić information content (AvgIpc) is 2.62. The highest BCUT2D eigenvalue weighted by molar-refractivity contribution is 6.02. The number of anilines is 1. The van der Waals surface area contributed by atoms with E-state index >= 15 is 0 Å². The largest absolute Gasteiger partial charge is 0.392 e. The average molecular weight is 305 g/mol. The summed E-state index contributed by atoms with van der Waals surface area (Å²) < 4.78 is 0. The molecule has 2 N–H and O–H groups in total. The van der Waals surface area contributed by atoms with Crippen LogP contribution in [0.25, 0.3) is 11.3 Å². The van der Waals surface area contributed by atoms with Crippen molar-refractivity contribution in [3.05, 3.63) is 78.2 Å². The summed E-state index contributed by atoms with van der Waals surface area (Å²) in [6.45, 7) is -0.0989. The Morgan fingerprint density at radius 1 is 1.00 bits per heavy atom. The fraction of sp³-hybridized carbons (Fsp3) is 0.0556. The Balaban J connectivity index is 1.89. The summed E-state index contributed by atoms with van der Waals surface area (Å²) >= 11 is 0. The van der Waals surface area contributed by atoms with Gasteiger partial charge in [-0.25, -0.2) is 4.98 Å². The van der Waals surface area contributed by atoms with Crippen molar-refractivity contribution in [2.24, 2.45) is 0 Å². The van der Waals surface area contributed by atoms with E-state index in [4.69, 9.17) is 0 Å². The Morgan fingerprint density at radius 2 is 1.74 bits per heavy atom. The molecule has 5 heteroatoms. The van der Waals surface area contributed by atoms with Gasteiger partial charge in [-0.1, -0.05) is 42.5 Å². The first-order valence-corrected chi connectivity index (χ1v) is 7.15. The number of hydrogen-bond acceptors (Lipinski definition) is 4.